The molecule has 4 aromatic rings. The fourth-order valence-corrected chi connectivity index (χ4v) is 4.43. The molecule has 1 atom stereocenters. The first-order valence-electron chi connectivity index (χ1n) is 13.8. The summed E-state index contributed by atoms with van der Waals surface area (Å²) in [6, 6.07) is 19.4. The summed E-state index contributed by atoms with van der Waals surface area (Å²) in [7, 11) is 1.67. The molecule has 1 heterocycles. The molecular formula is C33H40N2O4. The molecule has 0 fully saturated rings. The van der Waals surface area contributed by atoms with E-state index in [4.69, 9.17) is 18.6 Å². The lowest BCUT2D eigenvalue weighted by molar-refractivity contribution is 0.276. The number of aryl methyl sites for hydroxylation is 2. The fourth-order valence-electron chi connectivity index (χ4n) is 4.43. The van der Waals surface area contributed by atoms with Crippen LogP contribution in [0.25, 0.3) is 22.9 Å². The third-order valence-electron chi connectivity index (χ3n) is 6.91. The molecule has 0 radical (unpaired) electrons. The van der Waals surface area contributed by atoms with Gasteiger partial charge in [0.15, 0.2) is 0 Å². The number of hydrogen-bond donors (Lipinski definition) is 0. The summed E-state index contributed by atoms with van der Waals surface area (Å²) < 4.78 is 23.4. The highest BCUT2D eigenvalue weighted by atomic mass is 16.5. The van der Waals surface area contributed by atoms with Crippen LogP contribution >= 0.6 is 0 Å². The Kier molecular flexibility index (Phi) is 9.64. The van der Waals surface area contributed by atoms with Crippen molar-refractivity contribution in [3.63, 3.8) is 0 Å². The van der Waals surface area contributed by atoms with Crippen molar-refractivity contribution in [2.45, 2.75) is 60.3 Å². The Morgan fingerprint density at radius 2 is 1.28 bits per heavy atom. The quantitative estimate of drug-likeness (QED) is 0.172. The summed E-state index contributed by atoms with van der Waals surface area (Å²) in [4.78, 5) is 0. The Morgan fingerprint density at radius 1 is 0.718 bits per heavy atom. The third kappa shape index (κ3) is 7.85. The zero-order chi connectivity index (χ0) is 27.8. The molecule has 4 rings (SSSR count). The van der Waals surface area contributed by atoms with Crippen molar-refractivity contribution in [1.29, 1.82) is 0 Å². The van der Waals surface area contributed by atoms with E-state index in [-0.39, 0.29) is 0 Å². The Balaban J connectivity index is 1.31. The van der Waals surface area contributed by atoms with Crippen molar-refractivity contribution in [3.8, 4) is 45.9 Å². The summed E-state index contributed by atoms with van der Waals surface area (Å²) in [6.45, 7) is 11.6. The summed E-state index contributed by atoms with van der Waals surface area (Å²) >= 11 is 0. The standard InChI is InChI=1S/C33H40N2O4/c1-22(2)8-7-9-23(3)18-19-37-28-14-10-26(11-15-28)32-34-35-33(39-32)27-12-16-29(17-13-27)38-31-21-24(4)30(36-6)20-25(31)5/h10-17,20-23H,7-9,18-19H2,1-6H3. The molecule has 0 saturated carbocycles. The number of rotatable bonds is 13. The molecule has 6 heteroatoms. The van der Waals surface area contributed by atoms with Gasteiger partial charge < -0.3 is 18.6 Å². The van der Waals surface area contributed by atoms with Gasteiger partial charge in [-0.15, -0.1) is 10.2 Å². The van der Waals surface area contributed by atoms with Gasteiger partial charge in [-0.3, -0.25) is 0 Å². The number of hydrogen-bond acceptors (Lipinski definition) is 6. The molecule has 0 bridgehead atoms. The Morgan fingerprint density at radius 3 is 1.87 bits per heavy atom. The maximum absolute atomic E-state index is 6.10. The second-order valence-electron chi connectivity index (χ2n) is 10.7. The van der Waals surface area contributed by atoms with E-state index >= 15 is 0 Å². The number of benzene rings is 3. The van der Waals surface area contributed by atoms with Crippen LogP contribution < -0.4 is 14.2 Å². The molecule has 206 valence electrons. The van der Waals surface area contributed by atoms with Crippen molar-refractivity contribution in [3.05, 3.63) is 71.8 Å². The van der Waals surface area contributed by atoms with Crippen molar-refractivity contribution in [2.24, 2.45) is 11.8 Å². The molecule has 0 saturated heterocycles. The van der Waals surface area contributed by atoms with Crippen LogP contribution in [0.3, 0.4) is 0 Å². The minimum absolute atomic E-state index is 0.458. The van der Waals surface area contributed by atoms with E-state index in [1.807, 2.05) is 74.5 Å². The van der Waals surface area contributed by atoms with E-state index in [2.05, 4.69) is 31.0 Å². The molecule has 1 aromatic heterocycles. The van der Waals surface area contributed by atoms with Gasteiger partial charge >= 0.3 is 0 Å². The SMILES string of the molecule is COc1cc(C)c(Oc2ccc(-c3nnc(-c4ccc(OCCC(C)CCCC(C)C)cc4)o3)cc2)cc1C. The third-order valence-corrected chi connectivity index (χ3v) is 6.91. The topological polar surface area (TPSA) is 66.6 Å². The van der Waals surface area contributed by atoms with Crippen LogP contribution in [0.15, 0.2) is 65.1 Å². The monoisotopic (exact) mass is 528 g/mol. The molecule has 0 N–H and O–H groups in total. The zero-order valence-electron chi connectivity index (χ0n) is 24.0. The number of aromatic nitrogens is 2. The number of methoxy groups -OCH3 is 1. The largest absolute Gasteiger partial charge is 0.496 e. The molecule has 0 aliphatic rings. The van der Waals surface area contributed by atoms with Gasteiger partial charge in [0.1, 0.15) is 23.0 Å². The van der Waals surface area contributed by atoms with Crippen LogP contribution in [0.2, 0.25) is 0 Å². The first-order chi connectivity index (χ1) is 18.8. The first-order valence-corrected chi connectivity index (χ1v) is 13.8. The molecule has 39 heavy (non-hydrogen) atoms. The van der Waals surface area contributed by atoms with Gasteiger partial charge in [0, 0.05) is 11.1 Å². The molecule has 3 aromatic carbocycles. The molecule has 1 unspecified atom stereocenters. The lowest BCUT2D eigenvalue weighted by Gasteiger charge is -2.13. The predicted octanol–water partition coefficient (Wildman–Crippen LogP) is 9.05. The van der Waals surface area contributed by atoms with E-state index in [0.29, 0.717) is 17.7 Å². The van der Waals surface area contributed by atoms with Gasteiger partial charge in [-0.2, -0.15) is 0 Å². The average molecular weight is 529 g/mol. The van der Waals surface area contributed by atoms with Crippen LogP contribution in [0, 0.1) is 25.7 Å². The van der Waals surface area contributed by atoms with Crippen molar-refractivity contribution in [2.75, 3.05) is 13.7 Å². The molecule has 0 aliphatic heterocycles. The molecule has 0 spiro atoms. The van der Waals surface area contributed by atoms with Gasteiger partial charge in [-0.1, -0.05) is 40.0 Å². The van der Waals surface area contributed by atoms with E-state index < -0.39 is 0 Å². The van der Waals surface area contributed by atoms with E-state index in [0.717, 1.165) is 64.2 Å². The Bertz CT molecular complexity index is 1330. The summed E-state index contributed by atoms with van der Waals surface area (Å²) in [5.74, 6) is 5.61. The maximum atomic E-state index is 6.10. The van der Waals surface area contributed by atoms with E-state index in [1.165, 1.54) is 19.3 Å². The zero-order valence-corrected chi connectivity index (χ0v) is 24.0. The molecule has 6 nitrogen and oxygen atoms in total. The van der Waals surface area contributed by atoms with Gasteiger partial charge in [0.25, 0.3) is 0 Å². The van der Waals surface area contributed by atoms with Crippen LogP contribution in [0.4, 0.5) is 0 Å². The highest BCUT2D eigenvalue weighted by Gasteiger charge is 2.12. The second kappa shape index (κ2) is 13.3. The van der Waals surface area contributed by atoms with Gasteiger partial charge in [-0.25, -0.2) is 0 Å². The minimum atomic E-state index is 0.458. The lowest BCUT2D eigenvalue weighted by atomic mass is 9.98. The molecule has 0 aliphatic carbocycles. The summed E-state index contributed by atoms with van der Waals surface area (Å²) in [5, 5.41) is 8.49. The van der Waals surface area contributed by atoms with Crippen LogP contribution in [0.5, 0.6) is 23.0 Å². The van der Waals surface area contributed by atoms with Crippen LogP contribution in [0.1, 0.15) is 57.6 Å². The Labute approximate surface area is 232 Å². The molecular weight excluding hydrogens is 488 g/mol. The van der Waals surface area contributed by atoms with Crippen molar-refractivity contribution >= 4 is 0 Å². The van der Waals surface area contributed by atoms with E-state index in [1.54, 1.807) is 7.11 Å². The number of nitrogens with zero attached hydrogens (tertiary/aromatic N) is 2. The average Bonchev–Trinajstić information content (AvgIpc) is 3.41. The Hall–Kier alpha value is -3.80. The molecule has 0 amide bonds. The first kappa shape index (κ1) is 28.2. The fraction of sp³-hybridized carbons (Fsp3) is 0.394. The highest BCUT2D eigenvalue weighted by Crippen LogP contribution is 2.32. The smallest absolute Gasteiger partial charge is 0.248 e. The van der Waals surface area contributed by atoms with Gasteiger partial charge in [0.05, 0.1) is 13.7 Å². The van der Waals surface area contributed by atoms with Crippen LogP contribution in [-0.2, 0) is 0 Å². The summed E-state index contributed by atoms with van der Waals surface area (Å²) in [6.07, 6.45) is 4.92. The second-order valence-corrected chi connectivity index (χ2v) is 10.7. The van der Waals surface area contributed by atoms with Gasteiger partial charge in [-0.05, 0) is 104 Å². The normalized spacial score (nSPS) is 12.0. The summed E-state index contributed by atoms with van der Waals surface area (Å²) in [5.41, 5.74) is 3.71. The van der Waals surface area contributed by atoms with Gasteiger partial charge in [0.2, 0.25) is 11.8 Å². The maximum Gasteiger partial charge on any atom is 0.248 e. The van der Waals surface area contributed by atoms with Crippen molar-refractivity contribution in [1.82, 2.24) is 10.2 Å². The highest BCUT2D eigenvalue weighted by molar-refractivity contribution is 5.59. The minimum Gasteiger partial charge on any atom is -0.496 e. The van der Waals surface area contributed by atoms with Crippen molar-refractivity contribution < 1.29 is 18.6 Å². The predicted molar refractivity (Wildman–Crippen MR) is 156 cm³/mol. The number of ether oxygens (including phenoxy) is 3. The van der Waals surface area contributed by atoms with Crippen LogP contribution in [-0.4, -0.2) is 23.9 Å². The van der Waals surface area contributed by atoms with E-state index in [9.17, 15) is 0 Å². The lowest BCUT2D eigenvalue weighted by Crippen LogP contribution is -2.04.